The zero-order chi connectivity index (χ0) is 14.1. The molecule has 0 saturated carbocycles. The Morgan fingerprint density at radius 3 is 2.95 bits per heavy atom. The predicted octanol–water partition coefficient (Wildman–Crippen LogP) is -0.101. The van der Waals surface area contributed by atoms with Gasteiger partial charge in [0.15, 0.2) is 11.6 Å². The number of aromatic nitrogens is 1. The topological polar surface area (TPSA) is 98.5 Å². The molecule has 4 N–H and O–H groups in total. The summed E-state index contributed by atoms with van der Waals surface area (Å²) in [4.78, 5) is 15.3. The van der Waals surface area contributed by atoms with Crippen molar-refractivity contribution in [2.75, 3.05) is 38.9 Å². The molecule has 0 unspecified atom stereocenters. The van der Waals surface area contributed by atoms with Crippen molar-refractivity contribution in [3.8, 4) is 0 Å². The lowest BCUT2D eigenvalue weighted by Crippen LogP contribution is -2.29. The van der Waals surface area contributed by atoms with Crippen molar-refractivity contribution in [3.63, 3.8) is 0 Å². The average molecular weight is 272 g/mol. The minimum Gasteiger partial charge on any atom is -0.382 e. The lowest BCUT2D eigenvalue weighted by atomic mass is 10.2. The normalized spacial score (nSPS) is 10.3. The number of halogens is 1. The highest BCUT2D eigenvalue weighted by Crippen LogP contribution is 2.13. The van der Waals surface area contributed by atoms with Gasteiger partial charge in [0.1, 0.15) is 0 Å². The summed E-state index contributed by atoms with van der Waals surface area (Å²) in [5.41, 5.74) is 1.95. The molecule has 0 fully saturated rings. The maximum Gasteiger partial charge on any atom is 0.254 e. The van der Waals surface area contributed by atoms with E-state index in [1.165, 1.54) is 12.3 Å². The van der Waals surface area contributed by atoms with Gasteiger partial charge in [0.05, 0.1) is 25.4 Å². The number of nitrogens with two attached hydrogens (primary N) is 1. The molecule has 0 aliphatic heterocycles. The summed E-state index contributed by atoms with van der Waals surface area (Å²) in [7, 11) is 1.57. The van der Waals surface area contributed by atoms with Gasteiger partial charge in [0.25, 0.3) is 5.91 Å². The number of methoxy groups -OCH3 is 1. The smallest absolute Gasteiger partial charge is 0.254 e. The summed E-state index contributed by atoms with van der Waals surface area (Å²) >= 11 is 0. The molecule has 1 aromatic heterocycles. The van der Waals surface area contributed by atoms with E-state index in [4.69, 9.17) is 15.3 Å². The molecule has 0 saturated heterocycles. The zero-order valence-corrected chi connectivity index (χ0v) is 10.6. The first kappa shape index (κ1) is 15.3. The van der Waals surface area contributed by atoms with E-state index in [1.54, 1.807) is 7.11 Å². The number of carbonyl (C=O) groups is 1. The van der Waals surface area contributed by atoms with Gasteiger partial charge in [-0.1, -0.05) is 0 Å². The molecule has 1 aromatic rings. The van der Waals surface area contributed by atoms with Crippen LogP contribution in [0.3, 0.4) is 0 Å². The third kappa shape index (κ3) is 4.78. The fourth-order valence-electron chi connectivity index (χ4n) is 1.30. The highest BCUT2D eigenvalue weighted by molar-refractivity contribution is 5.95. The van der Waals surface area contributed by atoms with Gasteiger partial charge in [-0.2, -0.15) is 0 Å². The Labute approximate surface area is 110 Å². The molecule has 0 aromatic carbocycles. The van der Waals surface area contributed by atoms with E-state index in [2.05, 4.69) is 15.7 Å². The second-order valence-corrected chi connectivity index (χ2v) is 3.53. The van der Waals surface area contributed by atoms with Crippen molar-refractivity contribution < 1.29 is 18.7 Å². The lowest BCUT2D eigenvalue weighted by molar-refractivity contribution is 0.0692. The van der Waals surface area contributed by atoms with Crippen molar-refractivity contribution in [1.29, 1.82) is 0 Å². The zero-order valence-electron chi connectivity index (χ0n) is 10.6. The fraction of sp³-hybridized carbons (Fsp3) is 0.455. The molecule has 19 heavy (non-hydrogen) atoms. The highest BCUT2D eigenvalue weighted by atomic mass is 19.1. The van der Waals surface area contributed by atoms with Crippen LogP contribution in [-0.2, 0) is 9.47 Å². The maximum atomic E-state index is 13.7. The van der Waals surface area contributed by atoms with Gasteiger partial charge in [0.2, 0.25) is 0 Å². The molecular weight excluding hydrogens is 255 g/mol. The first-order valence-electron chi connectivity index (χ1n) is 5.66. The van der Waals surface area contributed by atoms with Crippen molar-refractivity contribution in [1.82, 2.24) is 10.3 Å². The number of ether oxygens (including phenoxy) is 2. The predicted molar refractivity (Wildman–Crippen MR) is 67.0 cm³/mol. The molecule has 8 heteroatoms. The number of amides is 1. The molecule has 0 spiro atoms. The van der Waals surface area contributed by atoms with Crippen LogP contribution in [0, 0.1) is 5.82 Å². The van der Waals surface area contributed by atoms with Crippen LogP contribution < -0.4 is 16.6 Å². The molecule has 106 valence electrons. The highest BCUT2D eigenvalue weighted by Gasteiger charge is 2.14. The number of nitrogens with one attached hydrogen (secondary N) is 2. The van der Waals surface area contributed by atoms with E-state index in [0.29, 0.717) is 19.8 Å². The number of rotatable bonds is 8. The van der Waals surface area contributed by atoms with Crippen LogP contribution in [0.1, 0.15) is 10.4 Å². The molecule has 1 heterocycles. The second kappa shape index (κ2) is 8.35. The standard InChI is InChI=1S/C11H17FN4O3/c1-18-6-7-19-5-4-15-11(17)8-2-3-14-10(16-13)9(8)12/h2-3H,4-7,13H2,1H3,(H,14,16)(H,15,17). The molecule has 0 radical (unpaired) electrons. The Morgan fingerprint density at radius 2 is 2.26 bits per heavy atom. The summed E-state index contributed by atoms with van der Waals surface area (Å²) in [5, 5.41) is 2.53. The maximum absolute atomic E-state index is 13.7. The van der Waals surface area contributed by atoms with Gasteiger partial charge in [-0.05, 0) is 6.07 Å². The minimum absolute atomic E-state index is 0.125. The number of nitrogen functional groups attached to an aromatic ring is 1. The van der Waals surface area contributed by atoms with Crippen LogP contribution >= 0.6 is 0 Å². The van der Waals surface area contributed by atoms with Crippen LogP contribution in [-0.4, -0.2) is 44.4 Å². The number of hydrazine groups is 1. The van der Waals surface area contributed by atoms with Gasteiger partial charge in [0, 0.05) is 19.9 Å². The number of carbonyl (C=O) groups excluding carboxylic acids is 1. The molecule has 0 aliphatic rings. The Kier molecular flexibility index (Phi) is 6.72. The van der Waals surface area contributed by atoms with Gasteiger partial charge in [-0.15, -0.1) is 0 Å². The fourth-order valence-corrected chi connectivity index (χ4v) is 1.30. The Balaban J connectivity index is 2.41. The minimum atomic E-state index is -0.789. The van der Waals surface area contributed by atoms with Crippen molar-refractivity contribution in [3.05, 3.63) is 23.6 Å². The van der Waals surface area contributed by atoms with Crippen LogP contribution in [0.15, 0.2) is 12.3 Å². The van der Waals surface area contributed by atoms with E-state index in [1.807, 2.05) is 0 Å². The number of hydrogen-bond donors (Lipinski definition) is 3. The second-order valence-electron chi connectivity index (χ2n) is 3.53. The van der Waals surface area contributed by atoms with Crippen molar-refractivity contribution in [2.45, 2.75) is 0 Å². The number of anilines is 1. The van der Waals surface area contributed by atoms with Crippen LogP contribution in [0.25, 0.3) is 0 Å². The van der Waals surface area contributed by atoms with E-state index in [9.17, 15) is 9.18 Å². The molecule has 0 bridgehead atoms. The number of hydrogen-bond acceptors (Lipinski definition) is 6. The Bertz CT molecular complexity index is 417. The van der Waals surface area contributed by atoms with E-state index in [-0.39, 0.29) is 17.9 Å². The monoisotopic (exact) mass is 272 g/mol. The third-order valence-electron chi connectivity index (χ3n) is 2.23. The molecule has 0 atom stereocenters. The Morgan fingerprint density at radius 1 is 1.47 bits per heavy atom. The molecule has 0 aliphatic carbocycles. The summed E-state index contributed by atoms with van der Waals surface area (Å²) in [6.07, 6.45) is 1.29. The molecular formula is C11H17FN4O3. The SMILES string of the molecule is COCCOCCNC(=O)c1ccnc(NN)c1F. The summed E-state index contributed by atoms with van der Waals surface area (Å²) in [6.45, 7) is 1.52. The average Bonchev–Trinajstić information content (AvgIpc) is 2.42. The van der Waals surface area contributed by atoms with Crippen molar-refractivity contribution in [2.24, 2.45) is 5.84 Å². The van der Waals surface area contributed by atoms with E-state index >= 15 is 0 Å². The van der Waals surface area contributed by atoms with Gasteiger partial charge in [-0.3, -0.25) is 4.79 Å². The quantitative estimate of drug-likeness (QED) is 0.347. The largest absolute Gasteiger partial charge is 0.382 e. The van der Waals surface area contributed by atoms with Gasteiger partial charge >= 0.3 is 0 Å². The van der Waals surface area contributed by atoms with Gasteiger partial charge in [-0.25, -0.2) is 15.2 Å². The summed E-state index contributed by atoms with van der Waals surface area (Å²) in [5.74, 6) is 3.56. The first-order chi connectivity index (χ1) is 9.20. The third-order valence-corrected chi connectivity index (χ3v) is 2.23. The van der Waals surface area contributed by atoms with Crippen molar-refractivity contribution >= 4 is 11.7 Å². The number of nitrogens with zero attached hydrogens (tertiary/aromatic N) is 1. The van der Waals surface area contributed by atoms with Gasteiger partial charge < -0.3 is 20.2 Å². The van der Waals surface area contributed by atoms with E-state index < -0.39 is 11.7 Å². The van der Waals surface area contributed by atoms with E-state index in [0.717, 1.165) is 0 Å². The molecule has 7 nitrogen and oxygen atoms in total. The first-order valence-corrected chi connectivity index (χ1v) is 5.66. The van der Waals surface area contributed by atoms with Crippen LogP contribution in [0.4, 0.5) is 10.2 Å². The van der Waals surface area contributed by atoms with Crippen LogP contribution in [0.5, 0.6) is 0 Å². The molecule has 1 amide bonds. The lowest BCUT2D eigenvalue weighted by Gasteiger charge is -2.08. The summed E-state index contributed by atoms with van der Waals surface area (Å²) < 4.78 is 23.6. The Hall–Kier alpha value is -1.77. The summed E-state index contributed by atoms with van der Waals surface area (Å²) in [6, 6.07) is 1.28. The van der Waals surface area contributed by atoms with Crippen LogP contribution in [0.2, 0.25) is 0 Å². The molecule has 1 rings (SSSR count). The number of pyridine rings is 1.